The van der Waals surface area contributed by atoms with Crippen LogP contribution in [0.15, 0.2) is 12.2 Å². The van der Waals surface area contributed by atoms with Gasteiger partial charge in [-0.15, -0.1) is 0 Å². The molecular formula is C10H16N2O3. The van der Waals surface area contributed by atoms with Crippen molar-refractivity contribution >= 4 is 5.91 Å². The van der Waals surface area contributed by atoms with Crippen LogP contribution in [0.1, 0.15) is 20.3 Å². The number of nitriles is 1. The number of amides is 1. The summed E-state index contributed by atoms with van der Waals surface area (Å²) in [7, 11) is 0. The number of aliphatic hydroxyl groups is 2. The van der Waals surface area contributed by atoms with E-state index in [9.17, 15) is 9.90 Å². The molecule has 0 aromatic rings. The van der Waals surface area contributed by atoms with Crippen molar-refractivity contribution < 1.29 is 15.0 Å². The summed E-state index contributed by atoms with van der Waals surface area (Å²) in [4.78, 5) is 10.6. The standard InChI is InChI=1S/C10H16N2O3/c1-10(2,4-3-5-11)8(14)6-7(13)9(12)15/h3-4,7-8,13-14H,6H2,1-2H3,(H2,12,15)/b4-3-/t7-,8+/m0/s1. The van der Waals surface area contributed by atoms with Crippen molar-refractivity contribution in [3.63, 3.8) is 0 Å². The fourth-order valence-corrected chi connectivity index (χ4v) is 0.994. The quantitative estimate of drug-likeness (QED) is 0.543. The number of hydrogen-bond acceptors (Lipinski definition) is 4. The highest BCUT2D eigenvalue weighted by Gasteiger charge is 2.28. The van der Waals surface area contributed by atoms with Gasteiger partial charge in [0.15, 0.2) is 0 Å². The molecule has 0 heterocycles. The molecule has 4 N–H and O–H groups in total. The Morgan fingerprint density at radius 1 is 1.60 bits per heavy atom. The Morgan fingerprint density at radius 2 is 2.13 bits per heavy atom. The van der Waals surface area contributed by atoms with Gasteiger partial charge in [0.05, 0.1) is 12.2 Å². The maximum absolute atomic E-state index is 10.6. The van der Waals surface area contributed by atoms with Crippen LogP contribution in [0.4, 0.5) is 0 Å². The lowest BCUT2D eigenvalue weighted by Gasteiger charge is -2.27. The van der Waals surface area contributed by atoms with Gasteiger partial charge in [-0.25, -0.2) is 0 Å². The molecule has 5 heteroatoms. The summed E-state index contributed by atoms with van der Waals surface area (Å²) < 4.78 is 0. The normalized spacial score (nSPS) is 15.9. The van der Waals surface area contributed by atoms with Gasteiger partial charge >= 0.3 is 0 Å². The Balaban J connectivity index is 4.44. The van der Waals surface area contributed by atoms with Gasteiger partial charge in [0.2, 0.25) is 5.91 Å². The van der Waals surface area contributed by atoms with E-state index in [2.05, 4.69) is 0 Å². The molecule has 0 fully saturated rings. The number of allylic oxidation sites excluding steroid dienone is 1. The van der Waals surface area contributed by atoms with Crippen LogP contribution in [0.3, 0.4) is 0 Å². The summed E-state index contributed by atoms with van der Waals surface area (Å²) in [5.74, 6) is -0.867. The molecule has 0 aromatic heterocycles. The van der Waals surface area contributed by atoms with E-state index in [-0.39, 0.29) is 6.42 Å². The monoisotopic (exact) mass is 212 g/mol. The molecule has 0 rings (SSSR count). The Hall–Kier alpha value is -1.38. The van der Waals surface area contributed by atoms with Crippen LogP contribution >= 0.6 is 0 Å². The summed E-state index contributed by atoms with van der Waals surface area (Å²) >= 11 is 0. The molecule has 0 saturated heterocycles. The summed E-state index contributed by atoms with van der Waals surface area (Å²) in [5, 5.41) is 27.2. The minimum Gasteiger partial charge on any atom is -0.392 e. The highest BCUT2D eigenvalue weighted by molar-refractivity contribution is 5.78. The largest absolute Gasteiger partial charge is 0.392 e. The van der Waals surface area contributed by atoms with E-state index >= 15 is 0 Å². The Labute approximate surface area is 88.8 Å². The fourth-order valence-electron chi connectivity index (χ4n) is 0.994. The van der Waals surface area contributed by atoms with Gasteiger partial charge in [-0.3, -0.25) is 4.79 Å². The minimum atomic E-state index is -1.37. The van der Waals surface area contributed by atoms with Crippen LogP contribution in [0.2, 0.25) is 0 Å². The van der Waals surface area contributed by atoms with Crippen LogP contribution in [0.5, 0.6) is 0 Å². The number of carbonyl (C=O) groups excluding carboxylic acids is 1. The maximum Gasteiger partial charge on any atom is 0.246 e. The van der Waals surface area contributed by atoms with Gasteiger partial charge in [-0.1, -0.05) is 19.9 Å². The minimum absolute atomic E-state index is 0.141. The van der Waals surface area contributed by atoms with E-state index in [1.54, 1.807) is 13.8 Å². The van der Waals surface area contributed by atoms with Crippen LogP contribution < -0.4 is 5.73 Å². The first kappa shape index (κ1) is 13.6. The van der Waals surface area contributed by atoms with Gasteiger partial charge in [0.25, 0.3) is 0 Å². The Kier molecular flexibility index (Phi) is 4.98. The lowest BCUT2D eigenvalue weighted by Crippen LogP contribution is -2.37. The van der Waals surface area contributed by atoms with E-state index in [1.165, 1.54) is 12.2 Å². The number of primary amides is 1. The topological polar surface area (TPSA) is 107 Å². The fraction of sp³-hybridized carbons (Fsp3) is 0.600. The van der Waals surface area contributed by atoms with Crippen LogP contribution in [0, 0.1) is 16.7 Å². The van der Waals surface area contributed by atoms with E-state index in [0.717, 1.165) is 0 Å². The molecular weight excluding hydrogens is 196 g/mol. The summed E-state index contributed by atoms with van der Waals surface area (Å²) in [6.07, 6.45) is 0.322. The third-order valence-corrected chi connectivity index (χ3v) is 2.22. The van der Waals surface area contributed by atoms with Crippen molar-refractivity contribution in [2.45, 2.75) is 32.5 Å². The smallest absolute Gasteiger partial charge is 0.246 e. The number of nitrogens with zero attached hydrogens (tertiary/aromatic N) is 1. The van der Waals surface area contributed by atoms with Crippen LogP contribution in [0.25, 0.3) is 0 Å². The zero-order valence-electron chi connectivity index (χ0n) is 8.84. The van der Waals surface area contributed by atoms with Crippen molar-refractivity contribution in [2.75, 3.05) is 0 Å². The second-order valence-corrected chi connectivity index (χ2v) is 3.95. The van der Waals surface area contributed by atoms with Gasteiger partial charge < -0.3 is 15.9 Å². The molecule has 0 spiro atoms. The van der Waals surface area contributed by atoms with E-state index in [4.69, 9.17) is 16.1 Å². The first-order chi connectivity index (χ1) is 6.81. The van der Waals surface area contributed by atoms with Crippen LogP contribution in [-0.2, 0) is 4.79 Å². The molecule has 2 atom stereocenters. The van der Waals surface area contributed by atoms with Crippen molar-refractivity contribution in [1.29, 1.82) is 5.26 Å². The van der Waals surface area contributed by atoms with Gasteiger partial charge in [-0.2, -0.15) is 5.26 Å². The molecule has 0 saturated carbocycles. The molecule has 84 valence electrons. The Bertz CT molecular complexity index is 292. The molecule has 0 unspecified atom stereocenters. The molecule has 0 radical (unpaired) electrons. The number of hydrogen-bond donors (Lipinski definition) is 3. The van der Waals surface area contributed by atoms with Gasteiger partial charge in [-0.05, 0) is 0 Å². The second-order valence-electron chi connectivity index (χ2n) is 3.95. The predicted molar refractivity (Wildman–Crippen MR) is 54.4 cm³/mol. The highest BCUT2D eigenvalue weighted by atomic mass is 16.3. The predicted octanol–water partition coefficient (Wildman–Crippen LogP) is -0.310. The van der Waals surface area contributed by atoms with E-state index in [0.29, 0.717) is 0 Å². The molecule has 0 aliphatic heterocycles. The third kappa shape index (κ3) is 4.58. The second kappa shape index (κ2) is 5.49. The molecule has 0 bridgehead atoms. The Morgan fingerprint density at radius 3 is 2.53 bits per heavy atom. The zero-order valence-corrected chi connectivity index (χ0v) is 8.84. The van der Waals surface area contributed by atoms with Gasteiger partial charge in [0.1, 0.15) is 6.10 Å². The molecule has 0 aromatic carbocycles. The van der Waals surface area contributed by atoms with E-state index < -0.39 is 23.5 Å². The summed E-state index contributed by atoms with van der Waals surface area (Å²) in [6, 6.07) is 1.81. The maximum atomic E-state index is 10.6. The first-order valence-electron chi connectivity index (χ1n) is 4.54. The van der Waals surface area contributed by atoms with Crippen LogP contribution in [-0.4, -0.2) is 28.3 Å². The van der Waals surface area contributed by atoms with Crippen molar-refractivity contribution in [3.05, 3.63) is 12.2 Å². The lowest BCUT2D eigenvalue weighted by molar-refractivity contribution is -0.128. The molecule has 0 aliphatic carbocycles. The van der Waals surface area contributed by atoms with Gasteiger partial charge in [0, 0.05) is 17.9 Å². The van der Waals surface area contributed by atoms with Crippen molar-refractivity contribution in [3.8, 4) is 6.07 Å². The summed E-state index contributed by atoms with van der Waals surface area (Å²) in [5.41, 5.74) is 4.17. The third-order valence-electron chi connectivity index (χ3n) is 2.22. The van der Waals surface area contributed by atoms with E-state index in [1.807, 2.05) is 6.07 Å². The molecule has 0 aliphatic rings. The number of aliphatic hydroxyl groups excluding tert-OH is 2. The molecule has 15 heavy (non-hydrogen) atoms. The number of nitrogens with two attached hydrogens (primary N) is 1. The average Bonchev–Trinajstić information content (AvgIpc) is 2.14. The lowest BCUT2D eigenvalue weighted by atomic mass is 9.83. The number of rotatable bonds is 5. The first-order valence-corrected chi connectivity index (χ1v) is 4.54. The summed E-state index contributed by atoms with van der Waals surface area (Å²) in [6.45, 7) is 3.39. The highest BCUT2D eigenvalue weighted by Crippen LogP contribution is 2.25. The molecule has 1 amide bonds. The molecule has 5 nitrogen and oxygen atoms in total. The van der Waals surface area contributed by atoms with Crippen molar-refractivity contribution in [2.24, 2.45) is 11.1 Å². The SMILES string of the molecule is CC(C)(/C=C\C#N)[C@H](O)C[C@H](O)C(N)=O. The number of carbonyl (C=O) groups is 1. The van der Waals surface area contributed by atoms with Crippen molar-refractivity contribution in [1.82, 2.24) is 0 Å². The average molecular weight is 212 g/mol. The zero-order chi connectivity index (χ0) is 12.1.